The van der Waals surface area contributed by atoms with Crippen molar-refractivity contribution in [2.45, 2.75) is 40.2 Å². The van der Waals surface area contributed by atoms with Gasteiger partial charge in [0.2, 0.25) is 0 Å². The molecule has 0 saturated heterocycles. The number of rotatable bonds is 4. The van der Waals surface area contributed by atoms with E-state index in [4.69, 9.17) is 5.73 Å². The Morgan fingerprint density at radius 2 is 1.79 bits per heavy atom. The number of H-pyrrole nitrogens is 1. The van der Waals surface area contributed by atoms with E-state index in [-0.39, 0.29) is 6.04 Å². The van der Waals surface area contributed by atoms with E-state index in [1.807, 2.05) is 6.20 Å². The van der Waals surface area contributed by atoms with Gasteiger partial charge in [-0.25, -0.2) is 4.98 Å². The average molecular weight is 257 g/mol. The van der Waals surface area contributed by atoms with Crippen molar-refractivity contribution >= 4 is 0 Å². The molecule has 0 radical (unpaired) electrons. The van der Waals surface area contributed by atoms with Gasteiger partial charge >= 0.3 is 0 Å². The molecule has 19 heavy (non-hydrogen) atoms. The van der Waals surface area contributed by atoms with Gasteiger partial charge in [0, 0.05) is 5.56 Å². The Morgan fingerprint density at radius 3 is 2.37 bits per heavy atom. The molecule has 2 rings (SSSR count). The number of benzene rings is 1. The fourth-order valence-electron chi connectivity index (χ4n) is 2.42. The third kappa shape index (κ3) is 3.44. The van der Waals surface area contributed by atoms with E-state index in [1.165, 1.54) is 16.7 Å². The van der Waals surface area contributed by atoms with Gasteiger partial charge in [-0.1, -0.05) is 31.0 Å². The fourth-order valence-corrected chi connectivity index (χ4v) is 2.42. The number of hydrogen-bond donors (Lipinski definition) is 2. The summed E-state index contributed by atoms with van der Waals surface area (Å²) in [6.07, 6.45) is 2.82. The Morgan fingerprint density at radius 1 is 1.16 bits per heavy atom. The molecule has 102 valence electrons. The summed E-state index contributed by atoms with van der Waals surface area (Å²) in [6.45, 7) is 8.57. The van der Waals surface area contributed by atoms with Gasteiger partial charge < -0.3 is 10.7 Å². The van der Waals surface area contributed by atoms with Crippen LogP contribution in [0.2, 0.25) is 0 Å². The molecule has 1 heterocycles. The van der Waals surface area contributed by atoms with Crippen molar-refractivity contribution in [3.05, 3.63) is 41.3 Å². The van der Waals surface area contributed by atoms with Crippen molar-refractivity contribution in [3.63, 3.8) is 0 Å². The van der Waals surface area contributed by atoms with E-state index in [2.05, 4.69) is 55.9 Å². The van der Waals surface area contributed by atoms with Gasteiger partial charge in [-0.2, -0.15) is 0 Å². The summed E-state index contributed by atoms with van der Waals surface area (Å²) in [7, 11) is 0. The number of nitrogens with two attached hydrogens (primary N) is 1. The first-order valence-electron chi connectivity index (χ1n) is 6.85. The van der Waals surface area contributed by atoms with Crippen LogP contribution in [0.15, 0.2) is 24.4 Å². The quantitative estimate of drug-likeness (QED) is 0.876. The predicted molar refractivity (Wildman–Crippen MR) is 79.9 cm³/mol. The van der Waals surface area contributed by atoms with Crippen molar-refractivity contribution < 1.29 is 0 Å². The van der Waals surface area contributed by atoms with Crippen LogP contribution in [0.1, 0.15) is 43.3 Å². The predicted octanol–water partition coefficient (Wildman–Crippen LogP) is 3.74. The summed E-state index contributed by atoms with van der Waals surface area (Å²) >= 11 is 0. The number of hydrogen-bond acceptors (Lipinski definition) is 2. The van der Waals surface area contributed by atoms with E-state index in [9.17, 15) is 0 Å². The molecule has 0 aliphatic heterocycles. The van der Waals surface area contributed by atoms with Gasteiger partial charge in [0.05, 0.1) is 17.9 Å². The lowest BCUT2D eigenvalue weighted by molar-refractivity contribution is 0.496. The van der Waals surface area contributed by atoms with E-state index in [0.29, 0.717) is 5.92 Å². The van der Waals surface area contributed by atoms with Gasteiger partial charge in [-0.15, -0.1) is 0 Å². The molecule has 0 bridgehead atoms. The highest BCUT2D eigenvalue weighted by molar-refractivity contribution is 5.60. The van der Waals surface area contributed by atoms with Crippen LogP contribution in [0.4, 0.5) is 0 Å². The second-order valence-electron chi connectivity index (χ2n) is 5.79. The number of nitrogens with one attached hydrogen (secondary N) is 1. The van der Waals surface area contributed by atoms with Crippen molar-refractivity contribution in [1.82, 2.24) is 9.97 Å². The summed E-state index contributed by atoms with van der Waals surface area (Å²) in [4.78, 5) is 7.78. The Kier molecular flexibility index (Phi) is 4.05. The largest absolute Gasteiger partial charge is 0.341 e. The van der Waals surface area contributed by atoms with Crippen LogP contribution in [0.3, 0.4) is 0 Å². The molecule has 0 aliphatic rings. The molecule has 3 heteroatoms. The number of aromatic nitrogens is 2. The van der Waals surface area contributed by atoms with Gasteiger partial charge in [-0.3, -0.25) is 0 Å². The molecule has 0 aliphatic carbocycles. The number of imidazole rings is 1. The second-order valence-corrected chi connectivity index (χ2v) is 5.79. The molecule has 1 aromatic heterocycles. The molecule has 3 N–H and O–H groups in total. The Balaban J connectivity index is 2.25. The zero-order valence-electron chi connectivity index (χ0n) is 12.2. The molecule has 0 amide bonds. The Bertz CT molecular complexity index is 535. The highest BCUT2D eigenvalue weighted by Gasteiger charge is 2.12. The fraction of sp³-hybridized carbons (Fsp3) is 0.438. The smallest absolute Gasteiger partial charge is 0.123 e. The van der Waals surface area contributed by atoms with Crippen molar-refractivity contribution in [3.8, 4) is 11.3 Å². The van der Waals surface area contributed by atoms with Crippen molar-refractivity contribution in [1.29, 1.82) is 0 Å². The van der Waals surface area contributed by atoms with Crippen molar-refractivity contribution in [2.24, 2.45) is 11.7 Å². The van der Waals surface area contributed by atoms with Crippen LogP contribution in [-0.2, 0) is 0 Å². The van der Waals surface area contributed by atoms with Crippen LogP contribution in [0.5, 0.6) is 0 Å². The van der Waals surface area contributed by atoms with E-state index < -0.39 is 0 Å². The maximum absolute atomic E-state index is 6.15. The molecule has 1 unspecified atom stereocenters. The first-order chi connectivity index (χ1) is 8.95. The summed E-state index contributed by atoms with van der Waals surface area (Å²) in [6, 6.07) is 6.49. The normalized spacial score (nSPS) is 12.9. The molecule has 2 aromatic rings. The lowest BCUT2D eigenvalue weighted by Gasteiger charge is -2.11. The summed E-state index contributed by atoms with van der Waals surface area (Å²) in [5, 5.41) is 0. The van der Waals surface area contributed by atoms with Gasteiger partial charge in [0.25, 0.3) is 0 Å². The molecule has 0 saturated carbocycles. The zero-order valence-corrected chi connectivity index (χ0v) is 12.2. The van der Waals surface area contributed by atoms with Crippen molar-refractivity contribution in [2.75, 3.05) is 0 Å². The first kappa shape index (κ1) is 13.8. The average Bonchev–Trinajstić information content (AvgIpc) is 2.75. The summed E-state index contributed by atoms with van der Waals surface area (Å²) < 4.78 is 0. The molecular weight excluding hydrogens is 234 g/mol. The minimum Gasteiger partial charge on any atom is -0.341 e. The van der Waals surface area contributed by atoms with Crippen LogP contribution in [0.25, 0.3) is 11.3 Å². The molecule has 1 atom stereocenters. The van der Waals surface area contributed by atoms with Gasteiger partial charge in [-0.05, 0) is 38.3 Å². The summed E-state index contributed by atoms with van der Waals surface area (Å²) in [5.74, 6) is 1.45. The minimum atomic E-state index is -0.0142. The highest BCUT2D eigenvalue weighted by atomic mass is 15.0. The van der Waals surface area contributed by atoms with Gasteiger partial charge in [0.1, 0.15) is 5.82 Å². The second kappa shape index (κ2) is 5.57. The maximum atomic E-state index is 6.15. The topological polar surface area (TPSA) is 54.7 Å². The standard InChI is InChI=1S/C16H23N3/c1-10(2)5-14(17)16-18-9-15(19-16)13-7-11(3)6-12(4)8-13/h6-10,14H,5,17H2,1-4H3,(H,18,19). The molecular formula is C16H23N3. The lowest BCUT2D eigenvalue weighted by Crippen LogP contribution is -2.14. The van der Waals surface area contributed by atoms with E-state index in [1.54, 1.807) is 0 Å². The SMILES string of the molecule is Cc1cc(C)cc(-c2cnc(C(N)CC(C)C)[nH]2)c1. The molecule has 3 nitrogen and oxygen atoms in total. The third-order valence-corrected chi connectivity index (χ3v) is 3.20. The monoisotopic (exact) mass is 257 g/mol. The zero-order chi connectivity index (χ0) is 14.0. The van der Waals surface area contributed by atoms with E-state index in [0.717, 1.165) is 17.9 Å². The lowest BCUT2D eigenvalue weighted by atomic mass is 10.0. The summed E-state index contributed by atoms with van der Waals surface area (Å²) in [5.41, 5.74) is 10.9. The highest BCUT2D eigenvalue weighted by Crippen LogP contribution is 2.23. The number of aryl methyl sites for hydroxylation is 2. The third-order valence-electron chi connectivity index (χ3n) is 3.20. The van der Waals surface area contributed by atoms with E-state index >= 15 is 0 Å². The number of aromatic amines is 1. The maximum Gasteiger partial charge on any atom is 0.123 e. The molecule has 0 fully saturated rings. The Labute approximate surface area is 115 Å². The van der Waals surface area contributed by atoms with Crippen LogP contribution in [0, 0.1) is 19.8 Å². The minimum absolute atomic E-state index is 0.0142. The first-order valence-corrected chi connectivity index (χ1v) is 6.85. The molecule has 1 aromatic carbocycles. The van der Waals surface area contributed by atoms with Crippen LogP contribution >= 0.6 is 0 Å². The van der Waals surface area contributed by atoms with Crippen LogP contribution in [-0.4, -0.2) is 9.97 Å². The Hall–Kier alpha value is -1.61. The van der Waals surface area contributed by atoms with Crippen LogP contribution < -0.4 is 5.73 Å². The van der Waals surface area contributed by atoms with Gasteiger partial charge in [0.15, 0.2) is 0 Å². The molecule has 0 spiro atoms. The number of nitrogens with zero attached hydrogens (tertiary/aromatic N) is 1.